The lowest BCUT2D eigenvalue weighted by atomic mass is 10.2. The van der Waals surface area contributed by atoms with E-state index in [0.717, 1.165) is 16.1 Å². The Hall–Kier alpha value is -1.85. The highest BCUT2D eigenvalue weighted by Gasteiger charge is 2.17. The largest absolute Gasteiger partial charge is 0.399 e. The van der Waals surface area contributed by atoms with Crippen LogP contribution in [0.25, 0.3) is 9.40 Å². The van der Waals surface area contributed by atoms with E-state index < -0.39 is 0 Å². The van der Waals surface area contributed by atoms with Crippen molar-refractivity contribution in [1.82, 2.24) is 4.90 Å². The van der Waals surface area contributed by atoms with Gasteiger partial charge in [-0.15, -0.1) is 22.7 Å². The quantitative estimate of drug-likeness (QED) is 0.733. The normalized spacial score (nSPS) is 10.9. The van der Waals surface area contributed by atoms with Crippen LogP contribution in [-0.2, 0) is 6.54 Å². The molecule has 0 unspecified atom stereocenters. The van der Waals surface area contributed by atoms with Gasteiger partial charge in [-0.05, 0) is 42.1 Å². The molecule has 2 heterocycles. The van der Waals surface area contributed by atoms with Gasteiger partial charge >= 0.3 is 0 Å². The van der Waals surface area contributed by atoms with E-state index in [9.17, 15) is 4.79 Å². The van der Waals surface area contributed by atoms with E-state index in [4.69, 9.17) is 5.73 Å². The van der Waals surface area contributed by atoms with Crippen LogP contribution in [0.4, 0.5) is 5.69 Å². The molecule has 0 bridgehead atoms. The second-order valence-corrected chi connectivity index (χ2v) is 6.86. The summed E-state index contributed by atoms with van der Waals surface area (Å²) in [7, 11) is 0. The van der Waals surface area contributed by atoms with Crippen LogP contribution >= 0.6 is 22.7 Å². The van der Waals surface area contributed by atoms with E-state index in [1.165, 1.54) is 9.40 Å². The molecule has 5 heteroatoms. The fraction of sp³-hybridized carbons (Fsp3) is 0.188. The Morgan fingerprint density at radius 2 is 2.10 bits per heavy atom. The van der Waals surface area contributed by atoms with Crippen molar-refractivity contribution in [3.05, 3.63) is 52.2 Å². The second-order valence-electron chi connectivity index (χ2n) is 4.82. The number of carbonyl (C=O) groups excluding carboxylic acids is 1. The van der Waals surface area contributed by atoms with Crippen LogP contribution in [-0.4, -0.2) is 17.4 Å². The zero-order valence-electron chi connectivity index (χ0n) is 11.7. The van der Waals surface area contributed by atoms with Gasteiger partial charge in [0.2, 0.25) is 0 Å². The Morgan fingerprint density at radius 1 is 1.24 bits per heavy atom. The summed E-state index contributed by atoms with van der Waals surface area (Å²) in [4.78, 5) is 15.3. The third-order valence-corrected chi connectivity index (χ3v) is 5.42. The van der Waals surface area contributed by atoms with Crippen molar-refractivity contribution < 1.29 is 4.79 Å². The maximum atomic E-state index is 12.6. The van der Waals surface area contributed by atoms with Crippen molar-refractivity contribution in [2.75, 3.05) is 12.3 Å². The Labute approximate surface area is 131 Å². The van der Waals surface area contributed by atoms with E-state index in [2.05, 4.69) is 11.4 Å². The topological polar surface area (TPSA) is 46.3 Å². The first-order chi connectivity index (χ1) is 10.2. The fourth-order valence-electron chi connectivity index (χ4n) is 2.27. The number of amides is 1. The minimum atomic E-state index is 0.0910. The zero-order chi connectivity index (χ0) is 14.8. The molecule has 3 aromatic rings. The molecule has 0 radical (unpaired) electrons. The molecular weight excluding hydrogens is 300 g/mol. The van der Waals surface area contributed by atoms with Crippen molar-refractivity contribution in [2.45, 2.75) is 13.5 Å². The van der Waals surface area contributed by atoms with Gasteiger partial charge in [0.25, 0.3) is 5.91 Å². The molecule has 3 rings (SSSR count). The molecule has 1 amide bonds. The summed E-state index contributed by atoms with van der Waals surface area (Å²) < 4.78 is 2.37. The SMILES string of the molecule is CCN(Cc1cccc(N)c1)C(=O)c1cc2sccc2s1. The third kappa shape index (κ3) is 2.94. The molecule has 0 atom stereocenters. The molecule has 3 nitrogen and oxygen atoms in total. The number of nitrogens with two attached hydrogens (primary N) is 1. The Morgan fingerprint density at radius 3 is 2.81 bits per heavy atom. The molecule has 1 aromatic carbocycles. The summed E-state index contributed by atoms with van der Waals surface area (Å²) in [6, 6.07) is 11.8. The molecule has 108 valence electrons. The van der Waals surface area contributed by atoms with Gasteiger partial charge in [0.15, 0.2) is 0 Å². The van der Waals surface area contributed by atoms with Crippen molar-refractivity contribution in [3.8, 4) is 0 Å². The zero-order valence-corrected chi connectivity index (χ0v) is 13.3. The van der Waals surface area contributed by atoms with Crippen LogP contribution in [0.2, 0.25) is 0 Å². The lowest BCUT2D eigenvalue weighted by molar-refractivity contribution is 0.0757. The van der Waals surface area contributed by atoms with Gasteiger partial charge < -0.3 is 10.6 Å². The number of rotatable bonds is 4. The van der Waals surface area contributed by atoms with Crippen LogP contribution in [0.5, 0.6) is 0 Å². The maximum absolute atomic E-state index is 12.6. The van der Waals surface area contributed by atoms with E-state index in [1.807, 2.05) is 42.2 Å². The second kappa shape index (κ2) is 5.87. The summed E-state index contributed by atoms with van der Waals surface area (Å²) in [6.07, 6.45) is 0. The van der Waals surface area contributed by atoms with Gasteiger partial charge in [-0.3, -0.25) is 4.79 Å². The molecule has 2 N–H and O–H groups in total. The van der Waals surface area contributed by atoms with Crippen LogP contribution in [0.1, 0.15) is 22.2 Å². The van der Waals surface area contributed by atoms with Gasteiger partial charge in [0.1, 0.15) is 0 Å². The summed E-state index contributed by atoms with van der Waals surface area (Å²) in [5.74, 6) is 0.0910. The predicted molar refractivity (Wildman–Crippen MR) is 91.0 cm³/mol. The fourth-order valence-corrected chi connectivity index (χ4v) is 4.34. The van der Waals surface area contributed by atoms with Crippen LogP contribution in [0.3, 0.4) is 0 Å². The first-order valence-corrected chi connectivity index (χ1v) is 8.47. The monoisotopic (exact) mass is 316 g/mol. The minimum absolute atomic E-state index is 0.0910. The van der Waals surface area contributed by atoms with Crippen molar-refractivity contribution >= 4 is 43.7 Å². The van der Waals surface area contributed by atoms with E-state index in [-0.39, 0.29) is 5.91 Å². The number of benzene rings is 1. The maximum Gasteiger partial charge on any atom is 0.264 e. The predicted octanol–water partition coefficient (Wildman–Crippen LogP) is 4.21. The van der Waals surface area contributed by atoms with E-state index in [0.29, 0.717) is 13.1 Å². The number of carbonyl (C=O) groups is 1. The molecule has 21 heavy (non-hydrogen) atoms. The van der Waals surface area contributed by atoms with Crippen LogP contribution < -0.4 is 5.73 Å². The van der Waals surface area contributed by atoms with Crippen molar-refractivity contribution in [2.24, 2.45) is 0 Å². The van der Waals surface area contributed by atoms with Gasteiger partial charge in [0, 0.05) is 28.2 Å². The Bertz CT molecular complexity index is 747. The molecule has 0 aliphatic heterocycles. The summed E-state index contributed by atoms with van der Waals surface area (Å²) in [6.45, 7) is 3.27. The lowest BCUT2D eigenvalue weighted by Crippen LogP contribution is -2.29. The van der Waals surface area contributed by atoms with E-state index in [1.54, 1.807) is 22.7 Å². The summed E-state index contributed by atoms with van der Waals surface area (Å²) in [5, 5.41) is 2.06. The number of nitrogen functional groups attached to an aromatic ring is 1. The molecule has 0 spiro atoms. The van der Waals surface area contributed by atoms with Gasteiger partial charge in [-0.2, -0.15) is 0 Å². The molecule has 0 aliphatic rings. The highest BCUT2D eigenvalue weighted by Crippen LogP contribution is 2.30. The van der Waals surface area contributed by atoms with Gasteiger partial charge in [-0.25, -0.2) is 0 Å². The van der Waals surface area contributed by atoms with Crippen LogP contribution in [0, 0.1) is 0 Å². The highest BCUT2D eigenvalue weighted by molar-refractivity contribution is 7.27. The molecule has 0 aliphatic carbocycles. The first-order valence-electron chi connectivity index (χ1n) is 6.78. The number of anilines is 1. The van der Waals surface area contributed by atoms with Crippen LogP contribution in [0.15, 0.2) is 41.8 Å². The average Bonchev–Trinajstić information content (AvgIpc) is 3.05. The summed E-state index contributed by atoms with van der Waals surface area (Å²) in [5.41, 5.74) is 7.59. The standard InChI is InChI=1S/C16H16N2OS2/c1-2-18(10-11-4-3-5-12(17)8-11)16(19)15-9-14-13(21-15)6-7-20-14/h3-9H,2,10,17H2,1H3. The van der Waals surface area contributed by atoms with Crippen molar-refractivity contribution in [3.63, 3.8) is 0 Å². The number of hydrogen-bond acceptors (Lipinski definition) is 4. The van der Waals surface area contributed by atoms with E-state index >= 15 is 0 Å². The van der Waals surface area contributed by atoms with Crippen molar-refractivity contribution in [1.29, 1.82) is 0 Å². The van der Waals surface area contributed by atoms with Gasteiger partial charge in [-0.1, -0.05) is 12.1 Å². The Balaban J connectivity index is 1.82. The average molecular weight is 316 g/mol. The first kappa shape index (κ1) is 14.1. The summed E-state index contributed by atoms with van der Waals surface area (Å²) >= 11 is 3.24. The Kier molecular flexibility index (Phi) is 3.94. The third-order valence-electron chi connectivity index (χ3n) is 3.34. The van der Waals surface area contributed by atoms with Gasteiger partial charge in [0.05, 0.1) is 4.88 Å². The molecule has 0 saturated heterocycles. The molecule has 0 saturated carbocycles. The number of fused-ring (bicyclic) bond motifs is 1. The highest BCUT2D eigenvalue weighted by atomic mass is 32.1. The number of hydrogen-bond donors (Lipinski definition) is 1. The smallest absolute Gasteiger partial charge is 0.264 e. The lowest BCUT2D eigenvalue weighted by Gasteiger charge is -2.20. The number of nitrogens with zero attached hydrogens (tertiary/aromatic N) is 1. The molecular formula is C16H16N2OS2. The minimum Gasteiger partial charge on any atom is -0.399 e. The molecule has 2 aromatic heterocycles. The number of thiophene rings is 2. The molecule has 0 fully saturated rings.